The van der Waals surface area contributed by atoms with Crippen molar-refractivity contribution in [3.63, 3.8) is 0 Å². The Morgan fingerprint density at radius 2 is 1.86 bits per heavy atom. The van der Waals surface area contributed by atoms with E-state index in [-0.39, 0.29) is 11.4 Å². The highest BCUT2D eigenvalue weighted by Crippen LogP contribution is 2.28. The van der Waals surface area contributed by atoms with E-state index in [4.69, 9.17) is 0 Å². The van der Waals surface area contributed by atoms with Gasteiger partial charge in [0.15, 0.2) is 0 Å². The summed E-state index contributed by atoms with van der Waals surface area (Å²) in [5.74, 6) is 0. The van der Waals surface area contributed by atoms with Crippen molar-refractivity contribution < 1.29 is 5.11 Å². The topological polar surface area (TPSA) is 20.2 Å². The SMILES string of the molecule is Cc1ccc(SC(C)C(C)O)c(C)c1. The van der Waals surface area contributed by atoms with Gasteiger partial charge in [0.05, 0.1) is 6.10 Å². The minimum atomic E-state index is -0.263. The number of rotatable bonds is 3. The maximum absolute atomic E-state index is 9.41. The van der Waals surface area contributed by atoms with Crippen molar-refractivity contribution in [2.24, 2.45) is 0 Å². The number of hydrogen-bond donors (Lipinski definition) is 1. The van der Waals surface area contributed by atoms with Gasteiger partial charge in [0.25, 0.3) is 0 Å². The van der Waals surface area contributed by atoms with Crippen LogP contribution in [0.5, 0.6) is 0 Å². The van der Waals surface area contributed by atoms with Crippen LogP contribution < -0.4 is 0 Å². The van der Waals surface area contributed by atoms with Crippen LogP contribution in [0.25, 0.3) is 0 Å². The van der Waals surface area contributed by atoms with Gasteiger partial charge in [-0.3, -0.25) is 0 Å². The number of hydrogen-bond acceptors (Lipinski definition) is 2. The van der Waals surface area contributed by atoms with Crippen LogP contribution in [0.4, 0.5) is 0 Å². The second-order valence-electron chi connectivity index (χ2n) is 3.83. The van der Waals surface area contributed by atoms with Gasteiger partial charge >= 0.3 is 0 Å². The van der Waals surface area contributed by atoms with Gasteiger partial charge in [-0.1, -0.05) is 24.6 Å². The molecule has 14 heavy (non-hydrogen) atoms. The lowest BCUT2D eigenvalue weighted by molar-refractivity contribution is 0.196. The lowest BCUT2D eigenvalue weighted by atomic mass is 10.2. The van der Waals surface area contributed by atoms with E-state index in [1.54, 1.807) is 11.8 Å². The summed E-state index contributed by atoms with van der Waals surface area (Å²) in [6, 6.07) is 6.43. The maximum Gasteiger partial charge on any atom is 0.0631 e. The third-order valence-electron chi connectivity index (χ3n) is 2.32. The van der Waals surface area contributed by atoms with Gasteiger partial charge in [0, 0.05) is 10.1 Å². The molecular weight excluding hydrogens is 192 g/mol. The monoisotopic (exact) mass is 210 g/mol. The third-order valence-corrected chi connectivity index (χ3v) is 3.80. The minimum Gasteiger partial charge on any atom is -0.392 e. The molecule has 0 saturated carbocycles. The molecule has 1 aromatic carbocycles. The molecule has 1 aromatic rings. The van der Waals surface area contributed by atoms with Gasteiger partial charge < -0.3 is 5.11 Å². The van der Waals surface area contributed by atoms with Gasteiger partial charge in [-0.2, -0.15) is 0 Å². The highest BCUT2D eigenvalue weighted by molar-refractivity contribution is 8.00. The van der Waals surface area contributed by atoms with Crippen LogP contribution in [0, 0.1) is 13.8 Å². The molecule has 1 nitrogen and oxygen atoms in total. The Hall–Kier alpha value is -0.470. The highest BCUT2D eigenvalue weighted by Gasteiger charge is 2.11. The molecule has 2 atom stereocenters. The number of aliphatic hydroxyl groups is 1. The Morgan fingerprint density at radius 3 is 2.36 bits per heavy atom. The molecule has 0 aliphatic heterocycles. The van der Waals surface area contributed by atoms with Crippen molar-refractivity contribution >= 4 is 11.8 Å². The maximum atomic E-state index is 9.41. The highest BCUT2D eigenvalue weighted by atomic mass is 32.2. The van der Waals surface area contributed by atoms with Crippen LogP contribution in [0.2, 0.25) is 0 Å². The molecule has 0 heterocycles. The summed E-state index contributed by atoms with van der Waals surface area (Å²) in [6.45, 7) is 8.10. The molecule has 0 aromatic heterocycles. The number of thioether (sulfide) groups is 1. The quantitative estimate of drug-likeness (QED) is 0.773. The van der Waals surface area contributed by atoms with Gasteiger partial charge in [-0.05, 0) is 32.4 Å². The van der Waals surface area contributed by atoms with Crippen molar-refractivity contribution in [3.05, 3.63) is 29.3 Å². The van der Waals surface area contributed by atoms with E-state index in [1.165, 1.54) is 16.0 Å². The molecule has 1 N–H and O–H groups in total. The van der Waals surface area contributed by atoms with Crippen molar-refractivity contribution in [1.82, 2.24) is 0 Å². The lowest BCUT2D eigenvalue weighted by Gasteiger charge is -2.15. The molecule has 1 rings (SSSR count). The van der Waals surface area contributed by atoms with Gasteiger partial charge in [0.1, 0.15) is 0 Å². The van der Waals surface area contributed by atoms with Gasteiger partial charge in [-0.25, -0.2) is 0 Å². The molecule has 2 unspecified atom stereocenters. The Morgan fingerprint density at radius 1 is 1.21 bits per heavy atom. The van der Waals surface area contributed by atoms with E-state index >= 15 is 0 Å². The summed E-state index contributed by atoms with van der Waals surface area (Å²) < 4.78 is 0. The fraction of sp³-hybridized carbons (Fsp3) is 0.500. The van der Waals surface area contributed by atoms with Gasteiger partial charge in [-0.15, -0.1) is 11.8 Å². The van der Waals surface area contributed by atoms with E-state index < -0.39 is 0 Å². The Kier molecular flexibility index (Phi) is 4.02. The van der Waals surface area contributed by atoms with E-state index in [0.717, 1.165) is 0 Å². The normalized spacial score (nSPS) is 15.2. The van der Waals surface area contributed by atoms with Crippen LogP contribution in [-0.2, 0) is 0 Å². The van der Waals surface area contributed by atoms with Crippen LogP contribution in [0.3, 0.4) is 0 Å². The average Bonchev–Trinajstić information content (AvgIpc) is 2.09. The molecule has 0 bridgehead atoms. The molecule has 78 valence electrons. The molecule has 0 saturated heterocycles. The first-order valence-electron chi connectivity index (χ1n) is 4.92. The van der Waals surface area contributed by atoms with Crippen LogP contribution in [0.1, 0.15) is 25.0 Å². The second kappa shape index (κ2) is 4.85. The third kappa shape index (κ3) is 3.03. The zero-order chi connectivity index (χ0) is 10.7. The Bertz CT molecular complexity index is 307. The number of aliphatic hydroxyl groups excluding tert-OH is 1. The van der Waals surface area contributed by atoms with Crippen LogP contribution in [-0.4, -0.2) is 16.5 Å². The second-order valence-corrected chi connectivity index (χ2v) is 5.25. The summed E-state index contributed by atoms with van der Waals surface area (Å²) in [4.78, 5) is 1.27. The molecule has 2 heteroatoms. The summed E-state index contributed by atoms with van der Waals surface area (Å²) in [5, 5.41) is 9.65. The fourth-order valence-electron chi connectivity index (χ4n) is 1.23. The van der Waals surface area contributed by atoms with Crippen molar-refractivity contribution in [3.8, 4) is 0 Å². The van der Waals surface area contributed by atoms with E-state index in [9.17, 15) is 5.11 Å². The predicted octanol–water partition coefficient (Wildman–Crippen LogP) is 3.16. The van der Waals surface area contributed by atoms with E-state index in [1.807, 2.05) is 6.92 Å². The molecule has 0 aliphatic carbocycles. The van der Waals surface area contributed by atoms with Gasteiger partial charge in [0.2, 0.25) is 0 Å². The Labute approximate surface area is 90.5 Å². The summed E-state index contributed by atoms with van der Waals surface area (Å²) in [6.07, 6.45) is -0.263. The molecule has 0 aliphatic rings. The van der Waals surface area contributed by atoms with Crippen LogP contribution >= 0.6 is 11.8 Å². The zero-order valence-corrected chi connectivity index (χ0v) is 10.1. The lowest BCUT2D eigenvalue weighted by Crippen LogP contribution is -2.15. The van der Waals surface area contributed by atoms with E-state index in [0.29, 0.717) is 0 Å². The summed E-state index contributed by atoms with van der Waals surface area (Å²) in [5.41, 5.74) is 2.58. The van der Waals surface area contributed by atoms with Crippen molar-refractivity contribution in [2.45, 2.75) is 43.9 Å². The molecule has 0 spiro atoms. The van der Waals surface area contributed by atoms with Crippen molar-refractivity contribution in [1.29, 1.82) is 0 Å². The van der Waals surface area contributed by atoms with Crippen LogP contribution in [0.15, 0.2) is 23.1 Å². The predicted molar refractivity (Wildman–Crippen MR) is 62.9 cm³/mol. The summed E-state index contributed by atoms with van der Waals surface area (Å²) >= 11 is 1.74. The fourth-order valence-corrected chi connectivity index (χ4v) is 2.22. The molecule has 0 fully saturated rings. The largest absolute Gasteiger partial charge is 0.392 e. The first kappa shape index (κ1) is 11.6. The summed E-state index contributed by atoms with van der Waals surface area (Å²) in [7, 11) is 0. The average molecular weight is 210 g/mol. The number of benzene rings is 1. The first-order chi connectivity index (χ1) is 6.50. The number of aryl methyl sites for hydroxylation is 2. The Balaban J connectivity index is 2.77. The zero-order valence-electron chi connectivity index (χ0n) is 9.24. The van der Waals surface area contributed by atoms with E-state index in [2.05, 4.69) is 39.0 Å². The smallest absolute Gasteiger partial charge is 0.0631 e. The molecular formula is C12H18OS. The molecule has 0 amide bonds. The van der Waals surface area contributed by atoms with Crippen molar-refractivity contribution in [2.75, 3.05) is 0 Å². The first-order valence-corrected chi connectivity index (χ1v) is 5.80. The standard InChI is InChI=1S/C12H18OS/c1-8-5-6-12(9(2)7-8)14-11(4)10(3)13/h5-7,10-11,13H,1-4H3. The minimum absolute atomic E-state index is 0.247. The molecule has 0 radical (unpaired) electrons.